The molecule has 0 radical (unpaired) electrons. The average Bonchev–Trinajstić information content (AvgIpc) is 2.53. The van der Waals surface area contributed by atoms with E-state index in [2.05, 4.69) is 10.1 Å². The number of nitrogens with one attached hydrogen (secondary N) is 1. The fraction of sp³-hybridized carbons (Fsp3) is 0.125. The van der Waals surface area contributed by atoms with E-state index in [9.17, 15) is 9.59 Å². The maximum absolute atomic E-state index is 12.1. The fourth-order valence-electron chi connectivity index (χ4n) is 1.86. The number of nitrogen functional groups attached to an aromatic ring is 1. The van der Waals surface area contributed by atoms with E-state index < -0.39 is 5.97 Å². The third kappa shape index (κ3) is 3.60. The molecule has 1 amide bonds. The summed E-state index contributed by atoms with van der Waals surface area (Å²) in [5.74, 6) is -0.839. The van der Waals surface area contributed by atoms with Gasteiger partial charge in [0, 0.05) is 17.8 Å². The zero-order valence-corrected chi connectivity index (χ0v) is 11.6. The average molecular weight is 284 g/mol. The molecule has 0 unspecified atom stereocenters. The van der Waals surface area contributed by atoms with Crippen molar-refractivity contribution < 1.29 is 14.3 Å². The molecule has 0 saturated carbocycles. The number of benzene rings is 2. The van der Waals surface area contributed by atoms with Crippen LogP contribution in [0.1, 0.15) is 26.3 Å². The second-order valence-corrected chi connectivity index (χ2v) is 4.46. The van der Waals surface area contributed by atoms with Gasteiger partial charge in [0.05, 0.1) is 12.7 Å². The standard InChI is InChI=1S/C16H16N2O3/c1-21-16(20)13-9-12(7-8-14(13)17)15(19)18-10-11-5-3-2-4-6-11/h2-9H,10,17H2,1H3,(H,18,19). The monoisotopic (exact) mass is 284 g/mol. The smallest absolute Gasteiger partial charge is 0.339 e. The van der Waals surface area contributed by atoms with E-state index in [1.807, 2.05) is 30.3 Å². The van der Waals surface area contributed by atoms with Crippen molar-refractivity contribution in [2.24, 2.45) is 0 Å². The SMILES string of the molecule is COC(=O)c1cc(C(=O)NCc2ccccc2)ccc1N. The van der Waals surface area contributed by atoms with Crippen molar-refractivity contribution in [3.05, 3.63) is 65.2 Å². The van der Waals surface area contributed by atoms with Gasteiger partial charge in [0.15, 0.2) is 0 Å². The van der Waals surface area contributed by atoms with E-state index in [1.54, 1.807) is 6.07 Å². The van der Waals surface area contributed by atoms with Gasteiger partial charge in [-0.15, -0.1) is 0 Å². The first kappa shape index (κ1) is 14.6. The minimum absolute atomic E-state index is 0.185. The van der Waals surface area contributed by atoms with Crippen LogP contribution in [0.25, 0.3) is 0 Å². The number of esters is 1. The lowest BCUT2D eigenvalue weighted by Crippen LogP contribution is -2.23. The van der Waals surface area contributed by atoms with Gasteiger partial charge in [-0.1, -0.05) is 30.3 Å². The lowest BCUT2D eigenvalue weighted by atomic mass is 10.1. The molecule has 0 aliphatic rings. The van der Waals surface area contributed by atoms with Gasteiger partial charge in [-0.3, -0.25) is 4.79 Å². The van der Waals surface area contributed by atoms with Crippen LogP contribution in [0.4, 0.5) is 5.69 Å². The number of hydrogen-bond donors (Lipinski definition) is 2. The Hall–Kier alpha value is -2.82. The molecular weight excluding hydrogens is 268 g/mol. The summed E-state index contributed by atoms with van der Waals surface area (Å²) in [5.41, 5.74) is 7.52. The van der Waals surface area contributed by atoms with E-state index >= 15 is 0 Å². The van der Waals surface area contributed by atoms with Crippen LogP contribution in [-0.2, 0) is 11.3 Å². The molecule has 0 spiro atoms. The molecule has 0 fully saturated rings. The summed E-state index contributed by atoms with van der Waals surface area (Å²) in [7, 11) is 1.27. The Kier molecular flexibility index (Phi) is 4.56. The van der Waals surface area contributed by atoms with Crippen molar-refractivity contribution in [2.45, 2.75) is 6.54 Å². The number of amides is 1. The fourth-order valence-corrected chi connectivity index (χ4v) is 1.86. The molecule has 2 rings (SSSR count). The zero-order valence-electron chi connectivity index (χ0n) is 11.6. The third-order valence-corrected chi connectivity index (χ3v) is 3.02. The van der Waals surface area contributed by atoms with Crippen LogP contribution in [0.2, 0.25) is 0 Å². The second kappa shape index (κ2) is 6.56. The molecule has 0 heterocycles. The Morgan fingerprint density at radius 2 is 1.86 bits per heavy atom. The van der Waals surface area contributed by atoms with Crippen LogP contribution in [0.5, 0.6) is 0 Å². The highest BCUT2D eigenvalue weighted by Gasteiger charge is 2.14. The summed E-state index contributed by atoms with van der Waals surface area (Å²) in [6.45, 7) is 0.414. The molecule has 0 aromatic heterocycles. The van der Waals surface area contributed by atoms with Gasteiger partial charge < -0.3 is 15.8 Å². The van der Waals surface area contributed by atoms with Crippen molar-refractivity contribution in [3.8, 4) is 0 Å². The molecule has 0 bridgehead atoms. The van der Waals surface area contributed by atoms with E-state index in [-0.39, 0.29) is 17.2 Å². The first-order valence-electron chi connectivity index (χ1n) is 6.42. The molecule has 5 heteroatoms. The minimum Gasteiger partial charge on any atom is -0.465 e. The maximum atomic E-state index is 12.1. The number of hydrogen-bond acceptors (Lipinski definition) is 4. The Balaban J connectivity index is 2.11. The lowest BCUT2D eigenvalue weighted by molar-refractivity contribution is 0.0602. The largest absolute Gasteiger partial charge is 0.465 e. The van der Waals surface area contributed by atoms with Gasteiger partial charge in [0.25, 0.3) is 5.91 Å². The van der Waals surface area contributed by atoms with Gasteiger partial charge in [-0.25, -0.2) is 4.79 Å². The Bertz CT molecular complexity index is 654. The first-order valence-corrected chi connectivity index (χ1v) is 6.42. The Labute approximate surface area is 122 Å². The van der Waals surface area contributed by atoms with Gasteiger partial charge in [0.2, 0.25) is 0 Å². The van der Waals surface area contributed by atoms with Crippen molar-refractivity contribution in [1.82, 2.24) is 5.32 Å². The quantitative estimate of drug-likeness (QED) is 0.664. The normalized spacial score (nSPS) is 9.95. The molecule has 0 saturated heterocycles. The van der Waals surface area contributed by atoms with Crippen molar-refractivity contribution in [3.63, 3.8) is 0 Å². The maximum Gasteiger partial charge on any atom is 0.339 e. The van der Waals surface area contributed by atoms with Crippen LogP contribution < -0.4 is 11.1 Å². The molecule has 21 heavy (non-hydrogen) atoms. The molecular formula is C16H16N2O3. The van der Waals surface area contributed by atoms with Crippen molar-refractivity contribution in [2.75, 3.05) is 12.8 Å². The van der Waals surface area contributed by atoms with Gasteiger partial charge >= 0.3 is 5.97 Å². The first-order chi connectivity index (χ1) is 10.1. The molecule has 0 aliphatic heterocycles. The van der Waals surface area contributed by atoms with Crippen molar-refractivity contribution in [1.29, 1.82) is 0 Å². The Morgan fingerprint density at radius 1 is 1.14 bits per heavy atom. The highest BCUT2D eigenvalue weighted by Crippen LogP contribution is 2.15. The molecule has 3 N–H and O–H groups in total. The lowest BCUT2D eigenvalue weighted by Gasteiger charge is -2.08. The summed E-state index contributed by atoms with van der Waals surface area (Å²) in [6.07, 6.45) is 0. The number of rotatable bonds is 4. The predicted molar refractivity (Wildman–Crippen MR) is 79.8 cm³/mol. The summed E-state index contributed by atoms with van der Waals surface area (Å²) in [5, 5.41) is 2.79. The summed E-state index contributed by atoms with van der Waals surface area (Å²) in [4.78, 5) is 23.6. The summed E-state index contributed by atoms with van der Waals surface area (Å²) >= 11 is 0. The molecule has 5 nitrogen and oxygen atoms in total. The summed E-state index contributed by atoms with van der Waals surface area (Å²) < 4.78 is 4.63. The summed E-state index contributed by atoms with van der Waals surface area (Å²) in [6, 6.07) is 14.1. The van der Waals surface area contributed by atoms with E-state index in [4.69, 9.17) is 5.73 Å². The van der Waals surface area contributed by atoms with Gasteiger partial charge in [0.1, 0.15) is 0 Å². The molecule has 0 atom stereocenters. The topological polar surface area (TPSA) is 81.4 Å². The highest BCUT2D eigenvalue weighted by atomic mass is 16.5. The molecule has 2 aromatic carbocycles. The second-order valence-electron chi connectivity index (χ2n) is 4.46. The van der Waals surface area contributed by atoms with Crippen LogP contribution in [0.3, 0.4) is 0 Å². The Morgan fingerprint density at radius 3 is 2.52 bits per heavy atom. The minimum atomic E-state index is -0.565. The van der Waals surface area contributed by atoms with Crippen molar-refractivity contribution >= 4 is 17.6 Å². The number of carbonyl (C=O) groups is 2. The number of ether oxygens (including phenoxy) is 1. The number of nitrogens with two attached hydrogens (primary N) is 1. The number of carbonyl (C=O) groups excluding carboxylic acids is 2. The van der Waals surface area contributed by atoms with Crippen LogP contribution in [-0.4, -0.2) is 19.0 Å². The molecule has 2 aromatic rings. The molecule has 0 aliphatic carbocycles. The number of methoxy groups -OCH3 is 1. The zero-order chi connectivity index (χ0) is 15.2. The van der Waals surface area contributed by atoms with Crippen LogP contribution in [0, 0.1) is 0 Å². The molecule has 108 valence electrons. The van der Waals surface area contributed by atoms with Crippen LogP contribution in [0.15, 0.2) is 48.5 Å². The van der Waals surface area contributed by atoms with Gasteiger partial charge in [-0.2, -0.15) is 0 Å². The van der Waals surface area contributed by atoms with Gasteiger partial charge in [-0.05, 0) is 23.8 Å². The van der Waals surface area contributed by atoms with E-state index in [0.717, 1.165) is 5.56 Å². The number of anilines is 1. The van der Waals surface area contributed by atoms with E-state index in [1.165, 1.54) is 19.2 Å². The van der Waals surface area contributed by atoms with E-state index in [0.29, 0.717) is 12.1 Å². The third-order valence-electron chi connectivity index (χ3n) is 3.02. The predicted octanol–water partition coefficient (Wildman–Crippen LogP) is 1.99. The van der Waals surface area contributed by atoms with Crippen LogP contribution >= 0.6 is 0 Å². The highest BCUT2D eigenvalue weighted by molar-refractivity contribution is 6.00.